The van der Waals surface area contributed by atoms with Gasteiger partial charge < -0.3 is 4.57 Å². The second-order valence-electron chi connectivity index (χ2n) is 4.84. The van der Waals surface area contributed by atoms with Crippen LogP contribution < -0.4 is 0 Å². The number of halogens is 2. The minimum atomic E-state index is -0.748. The van der Waals surface area contributed by atoms with E-state index in [1.807, 2.05) is 4.57 Å². The Morgan fingerprint density at radius 3 is 2.62 bits per heavy atom. The topological polar surface area (TPSA) is 54.5 Å². The van der Waals surface area contributed by atoms with E-state index >= 15 is 0 Å². The molecule has 3 rings (SSSR count). The van der Waals surface area contributed by atoms with Crippen LogP contribution in [0.15, 0.2) is 22.2 Å². The molecule has 0 saturated heterocycles. The van der Waals surface area contributed by atoms with Crippen molar-refractivity contribution in [2.24, 2.45) is 0 Å². The Labute approximate surface area is 124 Å². The third-order valence-corrected chi connectivity index (χ3v) is 4.48. The summed E-state index contributed by atoms with van der Waals surface area (Å²) in [6, 6.07) is 3.80. The lowest BCUT2D eigenvalue weighted by Crippen LogP contribution is -2.02. The number of benzene rings is 1. The van der Waals surface area contributed by atoms with Crippen molar-refractivity contribution in [1.29, 1.82) is 5.26 Å². The lowest BCUT2D eigenvalue weighted by Gasteiger charge is -2.08. The molecule has 0 spiro atoms. The molecule has 0 bridgehead atoms. The fourth-order valence-electron chi connectivity index (χ4n) is 2.35. The first-order valence-corrected chi connectivity index (χ1v) is 7.50. The molecule has 1 aliphatic rings. The molecule has 2 aromatic rings. The highest BCUT2D eigenvalue weighted by Gasteiger charge is 2.19. The van der Waals surface area contributed by atoms with Gasteiger partial charge in [-0.3, -0.25) is 0 Å². The molecular formula is C14H12F2N4S. The van der Waals surface area contributed by atoms with E-state index in [1.54, 1.807) is 6.07 Å². The van der Waals surface area contributed by atoms with E-state index in [-0.39, 0.29) is 10.5 Å². The van der Waals surface area contributed by atoms with Gasteiger partial charge in [-0.1, -0.05) is 6.42 Å². The Morgan fingerprint density at radius 2 is 1.90 bits per heavy atom. The molecule has 0 unspecified atom stereocenters. The maximum Gasteiger partial charge on any atom is 0.196 e. The Hall–Kier alpha value is -1.94. The zero-order chi connectivity index (χ0) is 14.8. The smallest absolute Gasteiger partial charge is 0.196 e. The molecule has 4 nitrogen and oxygen atoms in total. The van der Waals surface area contributed by atoms with Crippen molar-refractivity contribution in [2.45, 2.75) is 42.3 Å². The molecule has 2 heterocycles. The van der Waals surface area contributed by atoms with Crippen LogP contribution in [0.5, 0.6) is 0 Å². The summed E-state index contributed by atoms with van der Waals surface area (Å²) in [4.78, 5) is -0.145. The van der Waals surface area contributed by atoms with E-state index in [0.717, 1.165) is 61.9 Å². The third kappa shape index (κ3) is 2.76. The van der Waals surface area contributed by atoms with Gasteiger partial charge in [0.2, 0.25) is 0 Å². The molecule has 108 valence electrons. The van der Waals surface area contributed by atoms with Crippen LogP contribution in [0.2, 0.25) is 0 Å². The summed E-state index contributed by atoms with van der Waals surface area (Å²) in [5, 5.41) is 17.3. The number of hydrogen-bond donors (Lipinski definition) is 0. The third-order valence-electron chi connectivity index (χ3n) is 3.40. The minimum Gasteiger partial charge on any atom is -0.306 e. The summed E-state index contributed by atoms with van der Waals surface area (Å²) in [5.41, 5.74) is -0.0329. The van der Waals surface area contributed by atoms with Crippen LogP contribution >= 0.6 is 11.8 Å². The van der Waals surface area contributed by atoms with Crippen molar-refractivity contribution in [2.75, 3.05) is 0 Å². The van der Waals surface area contributed by atoms with Crippen LogP contribution in [-0.4, -0.2) is 14.8 Å². The normalized spacial score (nSPS) is 14.3. The van der Waals surface area contributed by atoms with Crippen LogP contribution in [0.3, 0.4) is 0 Å². The van der Waals surface area contributed by atoms with Gasteiger partial charge in [-0.25, -0.2) is 8.78 Å². The number of nitriles is 1. The molecule has 0 amide bonds. The number of rotatable bonds is 2. The highest BCUT2D eigenvalue weighted by atomic mass is 32.2. The first-order valence-electron chi connectivity index (χ1n) is 6.68. The monoisotopic (exact) mass is 306 g/mol. The number of hydrogen-bond acceptors (Lipinski definition) is 4. The van der Waals surface area contributed by atoms with Gasteiger partial charge in [-0.2, -0.15) is 5.26 Å². The first kappa shape index (κ1) is 14.0. The number of aryl methyl sites for hydroxylation is 1. The highest BCUT2D eigenvalue weighted by molar-refractivity contribution is 7.99. The molecule has 0 atom stereocenters. The summed E-state index contributed by atoms with van der Waals surface area (Å²) in [7, 11) is 0. The quantitative estimate of drug-likeness (QED) is 0.854. The number of fused-ring (bicyclic) bond motifs is 1. The lowest BCUT2D eigenvalue weighted by molar-refractivity contribution is 0.537. The van der Waals surface area contributed by atoms with Crippen LogP contribution in [0.4, 0.5) is 8.78 Å². The van der Waals surface area contributed by atoms with Gasteiger partial charge in [0.25, 0.3) is 0 Å². The average molecular weight is 306 g/mol. The van der Waals surface area contributed by atoms with E-state index in [1.165, 1.54) is 0 Å². The summed E-state index contributed by atoms with van der Waals surface area (Å²) in [6.45, 7) is 0.768. The van der Waals surface area contributed by atoms with Crippen molar-refractivity contribution in [3.63, 3.8) is 0 Å². The largest absolute Gasteiger partial charge is 0.306 e. The van der Waals surface area contributed by atoms with E-state index in [2.05, 4.69) is 10.2 Å². The summed E-state index contributed by atoms with van der Waals surface area (Å²) < 4.78 is 29.8. The Balaban J connectivity index is 1.95. The SMILES string of the molecule is N#Cc1cc(F)c(Sc2nnc3n2CCCCC3)c(F)c1. The molecule has 0 aliphatic carbocycles. The highest BCUT2D eigenvalue weighted by Crippen LogP contribution is 2.33. The van der Waals surface area contributed by atoms with E-state index < -0.39 is 11.6 Å². The standard InChI is InChI=1S/C14H12F2N4S/c15-10-6-9(8-17)7-11(16)13(10)21-14-19-18-12-4-2-1-3-5-20(12)14/h6-7H,1-5H2. The predicted octanol–water partition coefficient (Wildman–Crippen LogP) is 3.31. The van der Waals surface area contributed by atoms with Crippen LogP contribution in [0.25, 0.3) is 0 Å². The van der Waals surface area contributed by atoms with Gasteiger partial charge >= 0.3 is 0 Å². The molecular weight excluding hydrogens is 294 g/mol. The van der Waals surface area contributed by atoms with Crippen LogP contribution in [0, 0.1) is 23.0 Å². The summed E-state index contributed by atoms with van der Waals surface area (Å²) in [6.07, 6.45) is 4.03. The Kier molecular flexibility index (Phi) is 3.88. The molecule has 1 aromatic heterocycles. The van der Waals surface area contributed by atoms with Crippen LogP contribution in [0.1, 0.15) is 30.7 Å². The summed E-state index contributed by atoms with van der Waals surface area (Å²) in [5.74, 6) is -0.630. The van der Waals surface area contributed by atoms with Gasteiger partial charge in [-0.15, -0.1) is 10.2 Å². The fraction of sp³-hybridized carbons (Fsp3) is 0.357. The average Bonchev–Trinajstić information content (AvgIpc) is 2.70. The molecule has 21 heavy (non-hydrogen) atoms. The number of aromatic nitrogens is 3. The zero-order valence-corrected chi connectivity index (χ0v) is 12.0. The zero-order valence-electron chi connectivity index (χ0n) is 11.1. The maximum atomic E-state index is 13.9. The van der Waals surface area contributed by atoms with Crippen molar-refractivity contribution in [3.05, 3.63) is 35.2 Å². The van der Waals surface area contributed by atoms with Gasteiger partial charge in [0.15, 0.2) is 5.16 Å². The van der Waals surface area contributed by atoms with E-state index in [0.29, 0.717) is 5.16 Å². The Morgan fingerprint density at radius 1 is 1.14 bits per heavy atom. The van der Waals surface area contributed by atoms with Gasteiger partial charge in [0.05, 0.1) is 16.5 Å². The van der Waals surface area contributed by atoms with E-state index in [9.17, 15) is 8.78 Å². The molecule has 1 aromatic carbocycles. The second-order valence-corrected chi connectivity index (χ2v) is 5.82. The molecule has 0 fully saturated rings. The maximum absolute atomic E-state index is 13.9. The first-order chi connectivity index (χ1) is 10.2. The fourth-order valence-corrected chi connectivity index (χ4v) is 3.23. The van der Waals surface area contributed by atoms with Crippen molar-refractivity contribution < 1.29 is 8.78 Å². The molecule has 0 radical (unpaired) electrons. The van der Waals surface area contributed by atoms with Gasteiger partial charge in [0.1, 0.15) is 17.5 Å². The molecule has 7 heteroatoms. The van der Waals surface area contributed by atoms with Crippen molar-refractivity contribution >= 4 is 11.8 Å². The lowest BCUT2D eigenvalue weighted by atomic mass is 10.2. The predicted molar refractivity (Wildman–Crippen MR) is 72.8 cm³/mol. The van der Waals surface area contributed by atoms with Crippen molar-refractivity contribution in [1.82, 2.24) is 14.8 Å². The molecule has 0 N–H and O–H groups in total. The van der Waals surface area contributed by atoms with Crippen molar-refractivity contribution in [3.8, 4) is 6.07 Å². The Bertz CT molecular complexity index is 697. The molecule has 0 saturated carbocycles. The van der Waals surface area contributed by atoms with Gasteiger partial charge in [-0.05, 0) is 36.7 Å². The molecule has 1 aliphatic heterocycles. The second kappa shape index (κ2) is 5.82. The summed E-state index contributed by atoms with van der Waals surface area (Å²) >= 11 is 0.921. The van der Waals surface area contributed by atoms with Crippen LogP contribution in [-0.2, 0) is 13.0 Å². The number of nitrogens with zero attached hydrogens (tertiary/aromatic N) is 4. The van der Waals surface area contributed by atoms with E-state index in [4.69, 9.17) is 5.26 Å². The minimum absolute atomic E-state index is 0.0329. The van der Waals surface area contributed by atoms with Gasteiger partial charge in [0, 0.05) is 13.0 Å².